The van der Waals surface area contributed by atoms with Gasteiger partial charge in [0.15, 0.2) is 0 Å². The molecule has 0 unspecified atom stereocenters. The van der Waals surface area contributed by atoms with Crippen LogP contribution in [0.25, 0.3) is 10.8 Å². The van der Waals surface area contributed by atoms with Gasteiger partial charge < -0.3 is 25.1 Å². The van der Waals surface area contributed by atoms with Gasteiger partial charge in [0.05, 0.1) is 30.8 Å². The summed E-state index contributed by atoms with van der Waals surface area (Å²) in [5.74, 6) is 1.90. The summed E-state index contributed by atoms with van der Waals surface area (Å²) in [5, 5.41) is 25.4. The first-order valence-electron chi connectivity index (χ1n) is 14.6. The lowest BCUT2D eigenvalue weighted by atomic mass is 9.93. The predicted octanol–water partition coefficient (Wildman–Crippen LogP) is 4.06. The minimum absolute atomic E-state index is 0.0169. The topological polar surface area (TPSA) is 109 Å². The number of aromatic nitrogens is 2. The molecular formula is C31H35N7O2. The maximum atomic E-state index is 11.9. The van der Waals surface area contributed by atoms with Crippen LogP contribution in [-0.2, 0) is 18.4 Å². The van der Waals surface area contributed by atoms with E-state index in [2.05, 4.69) is 63.7 Å². The molecule has 0 radical (unpaired) electrons. The summed E-state index contributed by atoms with van der Waals surface area (Å²) in [7, 11) is 0. The van der Waals surface area contributed by atoms with Crippen LogP contribution in [0.4, 0.5) is 16.3 Å². The second kappa shape index (κ2) is 9.93. The van der Waals surface area contributed by atoms with Crippen LogP contribution >= 0.6 is 0 Å². The van der Waals surface area contributed by atoms with Crippen LogP contribution in [0.2, 0.25) is 0 Å². The van der Waals surface area contributed by atoms with Gasteiger partial charge in [0.1, 0.15) is 11.6 Å². The number of carboxylic acid groups (broad SMARTS) is 1. The van der Waals surface area contributed by atoms with Gasteiger partial charge in [-0.25, -0.2) is 14.8 Å². The minimum Gasteiger partial charge on any atom is -0.465 e. The van der Waals surface area contributed by atoms with E-state index in [1.54, 1.807) is 0 Å². The van der Waals surface area contributed by atoms with E-state index >= 15 is 0 Å². The maximum Gasteiger partial charge on any atom is 0.407 e. The predicted molar refractivity (Wildman–Crippen MR) is 154 cm³/mol. The molecule has 0 spiro atoms. The summed E-state index contributed by atoms with van der Waals surface area (Å²) in [5.41, 5.74) is 3.47. The fourth-order valence-electron chi connectivity index (χ4n) is 7.18. The maximum absolute atomic E-state index is 11.9. The summed E-state index contributed by atoms with van der Waals surface area (Å²) in [6.07, 6.45) is 4.57. The van der Waals surface area contributed by atoms with E-state index in [0.717, 1.165) is 62.7 Å². The molecule has 2 atom stereocenters. The standard InChI is InChI=1S/C31H35N7O2/c32-14-10-22-19-37(17-18-38(22)30(39)40)28-24-11-16-36(26-8-3-6-21-5-1-2-7-23(21)26)20-25(24)34-29(35-28)31(12-13-31)27-9-4-15-33-27/h1-3,5-8,22,27,33H,4,9-13,15-20H2,(H,39,40)/t22-,27-/m0/s1. The Bertz CT molecular complexity index is 1490. The summed E-state index contributed by atoms with van der Waals surface area (Å²) in [4.78, 5) is 28.6. The molecule has 2 aromatic carbocycles. The monoisotopic (exact) mass is 537 g/mol. The number of nitriles is 1. The third kappa shape index (κ3) is 4.22. The molecule has 1 saturated carbocycles. The molecule has 9 heteroatoms. The second-order valence-corrected chi connectivity index (χ2v) is 11.7. The van der Waals surface area contributed by atoms with Gasteiger partial charge in [-0.3, -0.25) is 0 Å². The number of nitrogens with zero attached hydrogens (tertiary/aromatic N) is 6. The number of nitrogens with one attached hydrogen (secondary N) is 1. The van der Waals surface area contributed by atoms with Crippen molar-refractivity contribution in [3.63, 3.8) is 0 Å². The van der Waals surface area contributed by atoms with Gasteiger partial charge in [0.25, 0.3) is 0 Å². The molecule has 1 amide bonds. The minimum atomic E-state index is -0.958. The highest BCUT2D eigenvalue weighted by molar-refractivity contribution is 5.94. The lowest BCUT2D eigenvalue weighted by Crippen LogP contribution is -2.55. The summed E-state index contributed by atoms with van der Waals surface area (Å²) in [6, 6.07) is 17.3. The molecule has 2 saturated heterocycles. The first kappa shape index (κ1) is 25.1. The van der Waals surface area contributed by atoms with Gasteiger partial charge >= 0.3 is 6.09 Å². The van der Waals surface area contributed by atoms with Crippen LogP contribution < -0.4 is 15.1 Å². The molecule has 7 rings (SSSR count). The first-order chi connectivity index (χ1) is 19.6. The van der Waals surface area contributed by atoms with Gasteiger partial charge in [0, 0.05) is 54.3 Å². The van der Waals surface area contributed by atoms with Crippen LogP contribution in [0.5, 0.6) is 0 Å². The fourth-order valence-corrected chi connectivity index (χ4v) is 7.18. The van der Waals surface area contributed by atoms with E-state index in [9.17, 15) is 15.2 Å². The van der Waals surface area contributed by atoms with Crippen molar-refractivity contribution in [2.75, 3.05) is 42.5 Å². The Morgan fingerprint density at radius 1 is 1.10 bits per heavy atom. The average Bonchev–Trinajstić information content (AvgIpc) is 3.61. The molecule has 2 N–H and O–H groups in total. The van der Waals surface area contributed by atoms with E-state index < -0.39 is 6.09 Å². The molecule has 1 aromatic heterocycles. The molecule has 0 bridgehead atoms. The molecule has 206 valence electrons. The molecule has 3 fully saturated rings. The third-order valence-electron chi connectivity index (χ3n) is 9.47. The summed E-state index contributed by atoms with van der Waals surface area (Å²) < 4.78 is 0. The molecule has 4 aliphatic rings. The smallest absolute Gasteiger partial charge is 0.407 e. The Hall–Kier alpha value is -3.90. The molecule has 1 aliphatic carbocycles. The molecule has 4 heterocycles. The van der Waals surface area contributed by atoms with E-state index in [1.807, 2.05) is 0 Å². The normalized spacial score (nSPS) is 23.6. The van der Waals surface area contributed by atoms with Crippen molar-refractivity contribution in [1.82, 2.24) is 20.2 Å². The Morgan fingerprint density at radius 2 is 1.95 bits per heavy atom. The summed E-state index contributed by atoms with van der Waals surface area (Å²) >= 11 is 0. The summed E-state index contributed by atoms with van der Waals surface area (Å²) in [6.45, 7) is 4.04. The van der Waals surface area contributed by atoms with Gasteiger partial charge in [-0.2, -0.15) is 5.26 Å². The Kier molecular flexibility index (Phi) is 6.23. The van der Waals surface area contributed by atoms with E-state index in [1.165, 1.54) is 33.3 Å². The molecular weight excluding hydrogens is 502 g/mol. The van der Waals surface area contributed by atoms with Crippen LogP contribution in [0, 0.1) is 11.3 Å². The lowest BCUT2D eigenvalue weighted by molar-refractivity contribution is 0.119. The zero-order valence-electron chi connectivity index (χ0n) is 22.7. The number of piperazine rings is 1. The number of fused-ring (bicyclic) bond motifs is 2. The number of hydrogen-bond donors (Lipinski definition) is 2. The first-order valence-corrected chi connectivity index (χ1v) is 14.6. The quantitative estimate of drug-likeness (QED) is 0.502. The van der Waals surface area contributed by atoms with E-state index in [-0.39, 0.29) is 17.9 Å². The number of rotatable bonds is 5. The Balaban J connectivity index is 1.28. The zero-order valence-corrected chi connectivity index (χ0v) is 22.7. The van der Waals surface area contributed by atoms with Gasteiger partial charge in [-0.15, -0.1) is 0 Å². The van der Waals surface area contributed by atoms with Crippen molar-refractivity contribution in [2.45, 2.75) is 62.6 Å². The molecule has 40 heavy (non-hydrogen) atoms. The van der Waals surface area contributed by atoms with Crippen LogP contribution in [0.15, 0.2) is 42.5 Å². The van der Waals surface area contributed by atoms with Gasteiger partial charge in [0.2, 0.25) is 0 Å². The second-order valence-electron chi connectivity index (χ2n) is 11.7. The zero-order chi connectivity index (χ0) is 27.3. The number of benzene rings is 2. The van der Waals surface area contributed by atoms with Crippen LogP contribution in [0.1, 0.15) is 49.2 Å². The number of anilines is 2. The lowest BCUT2D eigenvalue weighted by Gasteiger charge is -2.41. The largest absolute Gasteiger partial charge is 0.465 e. The highest BCUT2D eigenvalue weighted by atomic mass is 16.4. The highest BCUT2D eigenvalue weighted by Crippen LogP contribution is 2.52. The van der Waals surface area contributed by atoms with Crippen molar-refractivity contribution in [1.29, 1.82) is 5.26 Å². The van der Waals surface area contributed by atoms with Crippen LogP contribution in [0.3, 0.4) is 0 Å². The highest BCUT2D eigenvalue weighted by Gasteiger charge is 2.54. The van der Waals surface area contributed by atoms with Crippen molar-refractivity contribution in [3.8, 4) is 6.07 Å². The number of hydrogen-bond acceptors (Lipinski definition) is 7. The van der Waals surface area contributed by atoms with Crippen LogP contribution in [-0.4, -0.2) is 70.9 Å². The SMILES string of the molecule is N#CC[C@H]1CN(c2nc(C3([C@@H]4CCCN4)CC3)nc3c2CCN(c2cccc4ccccc24)C3)CCN1C(=O)O. The van der Waals surface area contributed by atoms with Gasteiger partial charge in [-0.1, -0.05) is 36.4 Å². The number of carbonyl (C=O) groups is 1. The van der Waals surface area contributed by atoms with E-state index in [4.69, 9.17) is 9.97 Å². The van der Waals surface area contributed by atoms with Gasteiger partial charge in [-0.05, 0) is 50.1 Å². The fraction of sp³-hybridized carbons (Fsp3) is 0.484. The Labute approximate surface area is 234 Å². The van der Waals surface area contributed by atoms with Crippen molar-refractivity contribution < 1.29 is 9.90 Å². The Morgan fingerprint density at radius 3 is 2.73 bits per heavy atom. The van der Waals surface area contributed by atoms with Crippen molar-refractivity contribution in [3.05, 3.63) is 59.5 Å². The van der Waals surface area contributed by atoms with Crippen molar-refractivity contribution in [2.24, 2.45) is 0 Å². The average molecular weight is 538 g/mol. The third-order valence-corrected chi connectivity index (χ3v) is 9.47. The molecule has 3 aliphatic heterocycles. The molecule has 3 aromatic rings. The van der Waals surface area contributed by atoms with Crippen molar-refractivity contribution >= 4 is 28.4 Å². The number of amides is 1. The molecule has 9 nitrogen and oxygen atoms in total. The van der Waals surface area contributed by atoms with E-state index in [0.29, 0.717) is 25.7 Å².